The fourth-order valence-corrected chi connectivity index (χ4v) is 3.76. The second-order valence-corrected chi connectivity index (χ2v) is 7.11. The van der Waals surface area contributed by atoms with Crippen LogP contribution in [0.4, 0.5) is 10.5 Å². The molecule has 0 aliphatic heterocycles. The van der Waals surface area contributed by atoms with Gasteiger partial charge in [-0.15, -0.1) is 0 Å². The second kappa shape index (κ2) is 7.76. The molecule has 0 spiro atoms. The highest BCUT2D eigenvalue weighted by atomic mass is 16.5. The topological polar surface area (TPSA) is 55.4 Å². The summed E-state index contributed by atoms with van der Waals surface area (Å²) in [6.07, 6.45) is -0.589. The first-order chi connectivity index (χ1) is 14.1. The number of carbonyl (C=O) groups excluding carboxylic acids is 2. The van der Waals surface area contributed by atoms with Gasteiger partial charge in [-0.05, 0) is 46.9 Å². The summed E-state index contributed by atoms with van der Waals surface area (Å²) in [5.74, 6) is -0.222. The van der Waals surface area contributed by atoms with Crippen molar-refractivity contribution in [3.63, 3.8) is 0 Å². The number of fused-ring (bicyclic) bond motifs is 3. The van der Waals surface area contributed by atoms with Crippen molar-refractivity contribution in [2.24, 2.45) is 0 Å². The third-order valence-electron chi connectivity index (χ3n) is 5.14. The van der Waals surface area contributed by atoms with Crippen LogP contribution in [-0.4, -0.2) is 18.5 Å². The number of hydrogen-bond donors (Lipinski definition) is 1. The smallest absolute Gasteiger partial charge is 0.411 e. The van der Waals surface area contributed by atoms with Crippen LogP contribution < -0.4 is 5.32 Å². The third-order valence-corrected chi connectivity index (χ3v) is 5.14. The van der Waals surface area contributed by atoms with Crippen molar-refractivity contribution in [1.29, 1.82) is 0 Å². The zero-order valence-corrected chi connectivity index (χ0v) is 16.1. The maximum atomic E-state index is 12.5. The molecule has 0 radical (unpaired) electrons. The Morgan fingerprint density at radius 2 is 1.45 bits per heavy atom. The molecule has 4 heteroatoms. The van der Waals surface area contributed by atoms with Crippen LogP contribution in [0.15, 0.2) is 84.9 Å². The Balaban J connectivity index is 1.51. The Hall–Kier alpha value is -3.66. The van der Waals surface area contributed by atoms with Gasteiger partial charge in [-0.25, -0.2) is 4.79 Å². The van der Waals surface area contributed by atoms with Crippen LogP contribution >= 0.6 is 0 Å². The van der Waals surface area contributed by atoms with Crippen molar-refractivity contribution in [2.75, 3.05) is 11.9 Å². The predicted octanol–water partition coefficient (Wildman–Crippen LogP) is 5.81. The van der Waals surface area contributed by atoms with Gasteiger partial charge in [0.2, 0.25) is 0 Å². The summed E-state index contributed by atoms with van der Waals surface area (Å²) < 4.78 is 5.56. The third kappa shape index (κ3) is 3.57. The summed E-state index contributed by atoms with van der Waals surface area (Å²) in [5.41, 5.74) is 5.88. The molecule has 1 aliphatic carbocycles. The molecule has 4 nitrogen and oxygen atoms in total. The van der Waals surface area contributed by atoms with Gasteiger partial charge >= 0.3 is 6.09 Å². The lowest BCUT2D eigenvalue weighted by Gasteiger charge is -2.15. The number of ketones is 1. The fourth-order valence-electron chi connectivity index (χ4n) is 3.76. The number of benzene rings is 3. The summed E-state index contributed by atoms with van der Waals surface area (Å²) in [4.78, 5) is 24.8. The average Bonchev–Trinajstić information content (AvgIpc) is 3.06. The minimum Gasteiger partial charge on any atom is -0.448 e. The molecule has 0 aromatic heterocycles. The quantitative estimate of drug-likeness (QED) is 0.447. The number of Topliss-reactive ketones (excluding diaryl/α,β-unsaturated/α-hetero) is 1. The molecule has 0 fully saturated rings. The van der Waals surface area contributed by atoms with Crippen molar-refractivity contribution < 1.29 is 14.3 Å². The van der Waals surface area contributed by atoms with E-state index in [2.05, 4.69) is 36.2 Å². The first kappa shape index (κ1) is 18.7. The average molecular weight is 383 g/mol. The maximum absolute atomic E-state index is 12.5. The maximum Gasteiger partial charge on any atom is 0.411 e. The summed E-state index contributed by atoms with van der Waals surface area (Å²) in [5, 5.41) is 2.70. The summed E-state index contributed by atoms with van der Waals surface area (Å²) in [7, 11) is 0. The Labute approximate surface area is 169 Å². The van der Waals surface area contributed by atoms with Crippen LogP contribution in [0.1, 0.15) is 34.3 Å². The molecule has 0 unspecified atom stereocenters. The van der Waals surface area contributed by atoms with Crippen LogP contribution in [0.2, 0.25) is 0 Å². The standard InChI is InChI=1S/C25H21NO3/c1-16(2)24(27)21-13-7-8-14-23(21)26-25(28)29-15-22-19-11-5-3-9-17(19)18-10-4-6-12-20(18)22/h3-14,22H,1,15H2,2H3,(H,26,28). The van der Waals surface area contributed by atoms with Gasteiger partial charge in [-0.2, -0.15) is 0 Å². The number of allylic oxidation sites excluding steroid dienone is 1. The Bertz CT molecular complexity index is 1070. The van der Waals surface area contributed by atoms with E-state index in [1.165, 1.54) is 11.1 Å². The van der Waals surface area contributed by atoms with Gasteiger partial charge in [-0.3, -0.25) is 10.1 Å². The van der Waals surface area contributed by atoms with E-state index in [-0.39, 0.29) is 18.3 Å². The first-order valence-electron chi connectivity index (χ1n) is 9.47. The Morgan fingerprint density at radius 1 is 0.897 bits per heavy atom. The normalized spacial score (nSPS) is 12.0. The highest BCUT2D eigenvalue weighted by Crippen LogP contribution is 2.44. The summed E-state index contributed by atoms with van der Waals surface area (Å²) in [6, 6.07) is 23.2. The van der Waals surface area contributed by atoms with Crippen molar-refractivity contribution >= 4 is 17.6 Å². The van der Waals surface area contributed by atoms with Crippen LogP contribution in [-0.2, 0) is 4.74 Å². The zero-order valence-electron chi connectivity index (χ0n) is 16.1. The molecule has 1 amide bonds. The van der Waals surface area contributed by atoms with Gasteiger partial charge in [0, 0.05) is 11.5 Å². The van der Waals surface area contributed by atoms with Crippen LogP contribution in [0.5, 0.6) is 0 Å². The van der Waals surface area contributed by atoms with E-state index in [4.69, 9.17) is 4.74 Å². The number of para-hydroxylation sites is 1. The van der Waals surface area contributed by atoms with Gasteiger partial charge in [0.25, 0.3) is 0 Å². The molecule has 1 N–H and O–H groups in total. The van der Waals surface area contributed by atoms with E-state index in [0.29, 0.717) is 16.8 Å². The SMILES string of the molecule is C=C(C)C(=O)c1ccccc1NC(=O)OCC1c2ccccc2-c2ccccc21. The number of amides is 1. The molecule has 3 aromatic carbocycles. The lowest BCUT2D eigenvalue weighted by atomic mass is 9.98. The molecule has 29 heavy (non-hydrogen) atoms. The summed E-state index contributed by atoms with van der Waals surface area (Å²) in [6.45, 7) is 5.55. The first-order valence-corrected chi connectivity index (χ1v) is 9.47. The molecular weight excluding hydrogens is 362 g/mol. The van der Waals surface area contributed by atoms with E-state index in [9.17, 15) is 9.59 Å². The lowest BCUT2D eigenvalue weighted by molar-refractivity contribution is 0.103. The predicted molar refractivity (Wildman–Crippen MR) is 114 cm³/mol. The number of carbonyl (C=O) groups is 2. The molecule has 0 atom stereocenters. The minimum atomic E-state index is -0.589. The van der Waals surface area contributed by atoms with Gasteiger partial charge in [-0.1, -0.05) is 67.2 Å². The number of rotatable bonds is 5. The van der Waals surface area contributed by atoms with E-state index in [1.807, 2.05) is 24.3 Å². The van der Waals surface area contributed by atoms with E-state index in [0.717, 1.165) is 11.1 Å². The highest BCUT2D eigenvalue weighted by Gasteiger charge is 2.29. The molecular formula is C25H21NO3. The van der Waals surface area contributed by atoms with Crippen LogP contribution in [0.25, 0.3) is 11.1 Å². The summed E-state index contributed by atoms with van der Waals surface area (Å²) >= 11 is 0. The van der Waals surface area contributed by atoms with Gasteiger partial charge in [0.1, 0.15) is 6.61 Å². The molecule has 1 aliphatic rings. The van der Waals surface area contributed by atoms with E-state index in [1.54, 1.807) is 31.2 Å². The minimum absolute atomic E-state index is 0.0135. The zero-order chi connectivity index (χ0) is 20.4. The van der Waals surface area contributed by atoms with Crippen molar-refractivity contribution in [3.05, 3.63) is 102 Å². The molecule has 0 bridgehead atoms. The number of hydrogen-bond acceptors (Lipinski definition) is 3. The van der Waals surface area contributed by atoms with Crippen molar-refractivity contribution in [1.82, 2.24) is 0 Å². The van der Waals surface area contributed by atoms with Crippen molar-refractivity contribution in [3.8, 4) is 11.1 Å². The van der Waals surface area contributed by atoms with Gasteiger partial charge < -0.3 is 4.74 Å². The molecule has 144 valence electrons. The van der Waals surface area contributed by atoms with Crippen molar-refractivity contribution in [2.45, 2.75) is 12.8 Å². The molecule has 0 saturated carbocycles. The highest BCUT2D eigenvalue weighted by molar-refractivity contribution is 6.12. The lowest BCUT2D eigenvalue weighted by Crippen LogP contribution is -2.19. The van der Waals surface area contributed by atoms with Crippen LogP contribution in [0.3, 0.4) is 0 Å². The molecule has 0 heterocycles. The largest absolute Gasteiger partial charge is 0.448 e. The Morgan fingerprint density at radius 3 is 2.07 bits per heavy atom. The fraction of sp³-hybridized carbons (Fsp3) is 0.120. The van der Waals surface area contributed by atoms with Gasteiger partial charge in [0.05, 0.1) is 5.69 Å². The van der Waals surface area contributed by atoms with E-state index >= 15 is 0 Å². The second-order valence-electron chi connectivity index (χ2n) is 7.11. The molecule has 4 rings (SSSR count). The van der Waals surface area contributed by atoms with Gasteiger partial charge in [0.15, 0.2) is 5.78 Å². The van der Waals surface area contributed by atoms with E-state index < -0.39 is 6.09 Å². The Kier molecular flexibility index (Phi) is 5.00. The molecule has 0 saturated heterocycles. The number of anilines is 1. The van der Waals surface area contributed by atoms with Crippen LogP contribution in [0, 0.1) is 0 Å². The number of ether oxygens (including phenoxy) is 1. The monoisotopic (exact) mass is 383 g/mol. The number of nitrogens with one attached hydrogen (secondary N) is 1. The molecule has 3 aromatic rings.